The number of carbonyl (C=O) groups is 1. The third kappa shape index (κ3) is 5.00. The second-order valence-corrected chi connectivity index (χ2v) is 9.34. The summed E-state index contributed by atoms with van der Waals surface area (Å²) in [5, 5.41) is 0. The molecular formula is C19H27NO6S. The van der Waals surface area contributed by atoms with Crippen LogP contribution in [-0.4, -0.2) is 76.7 Å². The summed E-state index contributed by atoms with van der Waals surface area (Å²) in [4.78, 5) is 14.9. The fourth-order valence-electron chi connectivity index (χ4n) is 3.74. The van der Waals surface area contributed by atoms with E-state index in [1.807, 2.05) is 4.90 Å². The largest absolute Gasteiger partial charge is 0.493 e. The van der Waals surface area contributed by atoms with Crippen molar-refractivity contribution in [2.24, 2.45) is 0 Å². The molecule has 1 aromatic rings. The molecule has 2 saturated heterocycles. The van der Waals surface area contributed by atoms with Gasteiger partial charge in [0.05, 0.1) is 38.4 Å². The first-order chi connectivity index (χ1) is 12.9. The lowest BCUT2D eigenvalue weighted by Crippen LogP contribution is -2.44. The molecule has 27 heavy (non-hydrogen) atoms. The number of Topliss-reactive ketones (excluding diaryl/α,β-unsaturated/α-hetero) is 1. The lowest BCUT2D eigenvalue weighted by molar-refractivity contribution is 0.0566. The second-order valence-electron chi connectivity index (χ2n) is 7.11. The van der Waals surface area contributed by atoms with Crippen molar-refractivity contribution < 1.29 is 27.4 Å². The molecule has 2 aliphatic rings. The number of ether oxygens (including phenoxy) is 3. The molecule has 2 atom stereocenters. The number of hydrogen-bond donors (Lipinski definition) is 0. The van der Waals surface area contributed by atoms with Crippen molar-refractivity contribution >= 4 is 15.6 Å². The maximum atomic E-state index is 12.9. The van der Waals surface area contributed by atoms with Gasteiger partial charge in [-0.25, -0.2) is 8.42 Å². The molecule has 0 aliphatic carbocycles. The number of benzene rings is 1. The van der Waals surface area contributed by atoms with E-state index in [2.05, 4.69) is 0 Å². The molecule has 1 aromatic carbocycles. The van der Waals surface area contributed by atoms with E-state index in [1.54, 1.807) is 25.3 Å². The molecule has 150 valence electrons. The molecule has 0 amide bonds. The zero-order valence-corrected chi connectivity index (χ0v) is 16.7. The lowest BCUT2D eigenvalue weighted by Gasteiger charge is -2.29. The maximum Gasteiger partial charge on any atom is 0.176 e. The second kappa shape index (κ2) is 8.58. The van der Waals surface area contributed by atoms with Gasteiger partial charge in [0.2, 0.25) is 0 Å². The van der Waals surface area contributed by atoms with Gasteiger partial charge in [0.25, 0.3) is 0 Å². The molecule has 0 saturated carbocycles. The summed E-state index contributed by atoms with van der Waals surface area (Å²) in [6.45, 7) is 1.47. The highest BCUT2D eigenvalue weighted by atomic mass is 32.2. The van der Waals surface area contributed by atoms with Crippen molar-refractivity contribution in [2.75, 3.05) is 45.4 Å². The Morgan fingerprint density at radius 2 is 2.00 bits per heavy atom. The van der Waals surface area contributed by atoms with E-state index in [9.17, 15) is 13.2 Å². The summed E-state index contributed by atoms with van der Waals surface area (Å²) in [6.07, 6.45) is 2.58. The molecule has 0 radical (unpaired) electrons. The van der Waals surface area contributed by atoms with Gasteiger partial charge in [0.15, 0.2) is 27.1 Å². The average molecular weight is 397 g/mol. The summed E-state index contributed by atoms with van der Waals surface area (Å²) in [5.41, 5.74) is 0.519. The standard InChI is InChI=1S/C19H27NO6S/c1-24-18-6-5-14(10-19(18)25-2)17(21)12-20(11-16-4-3-8-26-16)15-7-9-27(22,23)13-15/h5-6,10,15-16H,3-4,7-9,11-13H2,1-2H3/t15-,16+/m1/s1. The van der Waals surface area contributed by atoms with E-state index >= 15 is 0 Å². The van der Waals surface area contributed by atoms with E-state index in [0.717, 1.165) is 19.4 Å². The van der Waals surface area contributed by atoms with Crippen LogP contribution in [0.25, 0.3) is 0 Å². The van der Waals surface area contributed by atoms with Crippen molar-refractivity contribution in [1.29, 1.82) is 0 Å². The monoisotopic (exact) mass is 397 g/mol. The van der Waals surface area contributed by atoms with Gasteiger partial charge in [0, 0.05) is 24.8 Å². The van der Waals surface area contributed by atoms with Crippen LogP contribution in [0.3, 0.4) is 0 Å². The highest BCUT2D eigenvalue weighted by Gasteiger charge is 2.35. The SMILES string of the molecule is COc1ccc(C(=O)CN(C[C@@H]2CCCO2)[C@@H]2CCS(=O)(=O)C2)cc1OC. The van der Waals surface area contributed by atoms with Crippen molar-refractivity contribution in [3.63, 3.8) is 0 Å². The summed E-state index contributed by atoms with van der Waals surface area (Å²) in [7, 11) is 0.0474. The van der Waals surface area contributed by atoms with Gasteiger partial charge in [-0.1, -0.05) is 0 Å². The van der Waals surface area contributed by atoms with Gasteiger partial charge in [0.1, 0.15) is 0 Å². The first kappa shape index (κ1) is 20.1. The molecule has 2 heterocycles. The molecule has 0 spiro atoms. The highest BCUT2D eigenvalue weighted by molar-refractivity contribution is 7.91. The Morgan fingerprint density at radius 1 is 1.22 bits per heavy atom. The number of nitrogens with zero attached hydrogens (tertiary/aromatic N) is 1. The van der Waals surface area contributed by atoms with Gasteiger partial charge >= 0.3 is 0 Å². The number of carbonyl (C=O) groups excluding carboxylic acids is 1. The Bertz CT molecular complexity index is 772. The van der Waals surface area contributed by atoms with Crippen LogP contribution in [0.5, 0.6) is 11.5 Å². The minimum Gasteiger partial charge on any atom is -0.493 e. The van der Waals surface area contributed by atoms with Gasteiger partial charge in [-0.05, 0) is 37.5 Å². The number of hydrogen-bond acceptors (Lipinski definition) is 7. The van der Waals surface area contributed by atoms with Crippen LogP contribution in [0.15, 0.2) is 18.2 Å². The first-order valence-corrected chi connectivity index (χ1v) is 11.1. The molecule has 2 fully saturated rings. The minimum atomic E-state index is -3.02. The molecule has 0 bridgehead atoms. The number of ketones is 1. The van der Waals surface area contributed by atoms with E-state index in [0.29, 0.717) is 30.0 Å². The zero-order valence-electron chi connectivity index (χ0n) is 15.8. The predicted molar refractivity (Wildman–Crippen MR) is 101 cm³/mol. The summed E-state index contributed by atoms with van der Waals surface area (Å²) in [6, 6.07) is 4.94. The van der Waals surface area contributed by atoms with Crippen LogP contribution in [-0.2, 0) is 14.6 Å². The van der Waals surface area contributed by atoms with Gasteiger partial charge in [-0.15, -0.1) is 0 Å². The Hall–Kier alpha value is -1.64. The topological polar surface area (TPSA) is 82.1 Å². The van der Waals surface area contributed by atoms with Crippen LogP contribution in [0.2, 0.25) is 0 Å². The predicted octanol–water partition coefficient (Wildman–Crippen LogP) is 1.55. The number of rotatable bonds is 8. The normalized spacial score (nSPS) is 24.3. The summed E-state index contributed by atoms with van der Waals surface area (Å²) in [5.74, 6) is 1.28. The van der Waals surface area contributed by atoms with Gasteiger partial charge in [-0.3, -0.25) is 9.69 Å². The molecule has 0 N–H and O–H groups in total. The highest BCUT2D eigenvalue weighted by Crippen LogP contribution is 2.28. The molecule has 7 nitrogen and oxygen atoms in total. The van der Waals surface area contributed by atoms with E-state index in [-0.39, 0.29) is 36.0 Å². The van der Waals surface area contributed by atoms with Crippen molar-refractivity contribution in [2.45, 2.75) is 31.4 Å². The van der Waals surface area contributed by atoms with Crippen LogP contribution in [0, 0.1) is 0 Å². The Labute approximate surface area is 160 Å². The molecule has 2 aliphatic heterocycles. The molecule has 3 rings (SSSR count). The molecule has 0 aromatic heterocycles. The van der Waals surface area contributed by atoms with Crippen LogP contribution < -0.4 is 9.47 Å². The molecule has 0 unspecified atom stereocenters. The van der Waals surface area contributed by atoms with E-state index in [4.69, 9.17) is 14.2 Å². The van der Waals surface area contributed by atoms with Crippen molar-refractivity contribution in [1.82, 2.24) is 4.90 Å². The van der Waals surface area contributed by atoms with Gasteiger partial charge < -0.3 is 14.2 Å². The Kier molecular flexibility index (Phi) is 6.39. The zero-order chi connectivity index (χ0) is 19.4. The fraction of sp³-hybridized carbons (Fsp3) is 0.632. The number of sulfone groups is 1. The van der Waals surface area contributed by atoms with Crippen molar-refractivity contribution in [3.8, 4) is 11.5 Å². The fourth-order valence-corrected chi connectivity index (χ4v) is 5.50. The van der Waals surface area contributed by atoms with Crippen LogP contribution in [0.4, 0.5) is 0 Å². The Balaban J connectivity index is 1.75. The van der Waals surface area contributed by atoms with Gasteiger partial charge in [-0.2, -0.15) is 0 Å². The minimum absolute atomic E-state index is 0.0616. The van der Waals surface area contributed by atoms with Crippen LogP contribution in [0.1, 0.15) is 29.6 Å². The van der Waals surface area contributed by atoms with Crippen molar-refractivity contribution in [3.05, 3.63) is 23.8 Å². The van der Waals surface area contributed by atoms with Crippen LogP contribution >= 0.6 is 0 Å². The first-order valence-electron chi connectivity index (χ1n) is 9.23. The lowest BCUT2D eigenvalue weighted by atomic mass is 10.1. The van der Waals surface area contributed by atoms with E-state index < -0.39 is 9.84 Å². The molecule has 8 heteroatoms. The average Bonchev–Trinajstić information content (AvgIpc) is 3.29. The Morgan fingerprint density at radius 3 is 2.59 bits per heavy atom. The van der Waals surface area contributed by atoms with E-state index in [1.165, 1.54) is 7.11 Å². The maximum absolute atomic E-state index is 12.9. The quantitative estimate of drug-likeness (QED) is 0.616. The smallest absolute Gasteiger partial charge is 0.176 e. The summed E-state index contributed by atoms with van der Waals surface area (Å²) >= 11 is 0. The number of methoxy groups -OCH3 is 2. The third-order valence-electron chi connectivity index (χ3n) is 5.24. The molecular weight excluding hydrogens is 370 g/mol. The summed E-state index contributed by atoms with van der Waals surface area (Å²) < 4.78 is 40.0. The third-order valence-corrected chi connectivity index (χ3v) is 6.99.